The van der Waals surface area contributed by atoms with E-state index < -0.39 is 0 Å². The fourth-order valence-corrected chi connectivity index (χ4v) is 2.19. The van der Waals surface area contributed by atoms with Crippen molar-refractivity contribution in [1.82, 2.24) is 4.90 Å². The van der Waals surface area contributed by atoms with E-state index in [1.807, 2.05) is 6.92 Å². The maximum atomic E-state index is 12.2. The lowest BCUT2D eigenvalue weighted by molar-refractivity contribution is 0.0705. The Morgan fingerprint density at radius 3 is 3.00 bits per heavy atom. The Bertz CT molecular complexity index is 431. The van der Waals surface area contributed by atoms with Gasteiger partial charge in [0.15, 0.2) is 0 Å². The highest BCUT2D eigenvalue weighted by molar-refractivity contribution is 5.97. The van der Waals surface area contributed by atoms with Crippen LogP contribution in [0.25, 0.3) is 0 Å². The fraction of sp³-hybridized carbons (Fsp3) is 0.462. The minimum absolute atomic E-state index is 0.0414. The second-order valence-electron chi connectivity index (χ2n) is 4.67. The topological polar surface area (TPSA) is 66.6 Å². The minimum Gasteiger partial charge on any atom is -0.507 e. The van der Waals surface area contributed by atoms with E-state index in [2.05, 4.69) is 0 Å². The predicted molar refractivity (Wildman–Crippen MR) is 66.0 cm³/mol. The van der Waals surface area contributed by atoms with E-state index in [0.29, 0.717) is 12.1 Å². The highest BCUT2D eigenvalue weighted by Crippen LogP contribution is 2.21. The Morgan fingerprint density at radius 1 is 1.53 bits per heavy atom. The molecular formula is C13H18N2O2. The highest BCUT2D eigenvalue weighted by Gasteiger charge is 2.24. The summed E-state index contributed by atoms with van der Waals surface area (Å²) in [6.45, 7) is 3.20. The van der Waals surface area contributed by atoms with Gasteiger partial charge in [0.25, 0.3) is 5.91 Å². The second-order valence-corrected chi connectivity index (χ2v) is 4.67. The van der Waals surface area contributed by atoms with Crippen LogP contribution in [0, 0.1) is 6.92 Å². The van der Waals surface area contributed by atoms with E-state index in [9.17, 15) is 9.90 Å². The van der Waals surface area contributed by atoms with Gasteiger partial charge in [-0.25, -0.2) is 0 Å². The van der Waals surface area contributed by atoms with Crippen molar-refractivity contribution >= 4 is 5.91 Å². The number of carbonyl (C=O) groups excluding carboxylic acids is 1. The maximum Gasteiger partial charge on any atom is 0.257 e. The van der Waals surface area contributed by atoms with E-state index in [0.717, 1.165) is 24.9 Å². The van der Waals surface area contributed by atoms with Gasteiger partial charge in [0, 0.05) is 19.1 Å². The average molecular weight is 234 g/mol. The summed E-state index contributed by atoms with van der Waals surface area (Å²) < 4.78 is 0. The van der Waals surface area contributed by atoms with Crippen LogP contribution in [0.15, 0.2) is 18.2 Å². The molecule has 2 rings (SSSR count). The molecule has 3 N–H and O–H groups in total. The van der Waals surface area contributed by atoms with Gasteiger partial charge in [-0.3, -0.25) is 4.79 Å². The molecule has 0 bridgehead atoms. The van der Waals surface area contributed by atoms with Gasteiger partial charge in [0.1, 0.15) is 5.75 Å². The zero-order valence-corrected chi connectivity index (χ0v) is 10.0. The number of carbonyl (C=O) groups is 1. The number of rotatable bonds is 1. The van der Waals surface area contributed by atoms with E-state index in [1.54, 1.807) is 23.1 Å². The largest absolute Gasteiger partial charge is 0.507 e. The quantitative estimate of drug-likeness (QED) is 0.769. The van der Waals surface area contributed by atoms with Gasteiger partial charge in [-0.15, -0.1) is 0 Å². The Morgan fingerprint density at radius 2 is 2.29 bits per heavy atom. The van der Waals surface area contributed by atoms with Crippen LogP contribution in [-0.4, -0.2) is 35.0 Å². The zero-order chi connectivity index (χ0) is 12.4. The summed E-state index contributed by atoms with van der Waals surface area (Å²) in [6, 6.07) is 5.12. The first kappa shape index (κ1) is 11.9. The fourth-order valence-electron chi connectivity index (χ4n) is 2.19. The molecule has 92 valence electrons. The number of piperidine rings is 1. The molecule has 0 spiro atoms. The monoisotopic (exact) mass is 234 g/mol. The van der Waals surface area contributed by atoms with Crippen molar-refractivity contribution < 1.29 is 9.90 Å². The molecule has 4 nitrogen and oxygen atoms in total. The van der Waals surface area contributed by atoms with Gasteiger partial charge in [-0.2, -0.15) is 0 Å². The summed E-state index contributed by atoms with van der Waals surface area (Å²) in [5.41, 5.74) is 7.19. The van der Waals surface area contributed by atoms with Crippen molar-refractivity contribution in [3.8, 4) is 5.75 Å². The number of benzene rings is 1. The van der Waals surface area contributed by atoms with Gasteiger partial charge in [-0.1, -0.05) is 11.6 Å². The van der Waals surface area contributed by atoms with Crippen LogP contribution in [0.1, 0.15) is 28.8 Å². The summed E-state index contributed by atoms with van der Waals surface area (Å²) >= 11 is 0. The molecule has 1 saturated heterocycles. The number of nitrogens with two attached hydrogens (primary N) is 1. The Labute approximate surface area is 101 Å². The van der Waals surface area contributed by atoms with Gasteiger partial charge < -0.3 is 15.7 Å². The number of likely N-dealkylation sites (tertiary alicyclic amines) is 1. The molecule has 1 aromatic carbocycles. The lowest BCUT2D eigenvalue weighted by atomic mass is 10.0. The van der Waals surface area contributed by atoms with Crippen molar-refractivity contribution in [2.24, 2.45) is 5.73 Å². The highest BCUT2D eigenvalue weighted by atomic mass is 16.3. The molecule has 1 unspecified atom stereocenters. The molecule has 1 atom stereocenters. The van der Waals surface area contributed by atoms with Crippen LogP contribution < -0.4 is 5.73 Å². The molecule has 17 heavy (non-hydrogen) atoms. The zero-order valence-electron chi connectivity index (χ0n) is 10.0. The number of aryl methyl sites for hydroxylation is 1. The van der Waals surface area contributed by atoms with Crippen LogP contribution in [-0.2, 0) is 0 Å². The van der Waals surface area contributed by atoms with E-state index in [-0.39, 0.29) is 17.7 Å². The summed E-state index contributed by atoms with van der Waals surface area (Å²) in [4.78, 5) is 14.0. The maximum absolute atomic E-state index is 12.2. The molecular weight excluding hydrogens is 216 g/mol. The third-order valence-electron chi connectivity index (χ3n) is 3.13. The third-order valence-corrected chi connectivity index (χ3v) is 3.13. The summed E-state index contributed by atoms with van der Waals surface area (Å²) in [7, 11) is 0. The van der Waals surface area contributed by atoms with Crippen molar-refractivity contribution in [3.63, 3.8) is 0 Å². The number of nitrogens with zero attached hydrogens (tertiary/aromatic N) is 1. The first-order valence-corrected chi connectivity index (χ1v) is 5.92. The van der Waals surface area contributed by atoms with E-state index in [4.69, 9.17) is 5.73 Å². The molecule has 0 aromatic heterocycles. The number of hydrogen-bond acceptors (Lipinski definition) is 3. The first-order chi connectivity index (χ1) is 8.08. The summed E-state index contributed by atoms with van der Waals surface area (Å²) in [5, 5.41) is 9.72. The SMILES string of the molecule is Cc1ccc(O)c(C(=O)N2CCCC(N)C2)c1. The Kier molecular flexibility index (Phi) is 3.33. The van der Waals surface area contributed by atoms with Gasteiger partial charge in [0.2, 0.25) is 0 Å². The molecule has 1 aliphatic heterocycles. The smallest absolute Gasteiger partial charge is 0.257 e. The van der Waals surface area contributed by atoms with Gasteiger partial charge >= 0.3 is 0 Å². The Balaban J connectivity index is 2.21. The molecule has 0 aliphatic carbocycles. The molecule has 0 saturated carbocycles. The van der Waals surface area contributed by atoms with E-state index in [1.165, 1.54) is 0 Å². The molecule has 1 heterocycles. The summed E-state index contributed by atoms with van der Waals surface area (Å²) in [6.07, 6.45) is 1.89. The normalized spacial score (nSPS) is 20.4. The lowest BCUT2D eigenvalue weighted by Gasteiger charge is -2.31. The average Bonchev–Trinajstić information content (AvgIpc) is 2.31. The van der Waals surface area contributed by atoms with Crippen molar-refractivity contribution in [3.05, 3.63) is 29.3 Å². The van der Waals surface area contributed by atoms with Crippen molar-refractivity contribution in [2.45, 2.75) is 25.8 Å². The summed E-state index contributed by atoms with van der Waals surface area (Å²) in [5.74, 6) is -0.0823. The van der Waals surface area contributed by atoms with Gasteiger partial charge in [-0.05, 0) is 31.9 Å². The molecule has 1 amide bonds. The van der Waals surface area contributed by atoms with Crippen LogP contribution in [0.2, 0.25) is 0 Å². The van der Waals surface area contributed by atoms with E-state index >= 15 is 0 Å². The Hall–Kier alpha value is -1.55. The standard InChI is InChI=1S/C13H18N2O2/c1-9-4-5-12(16)11(7-9)13(17)15-6-2-3-10(14)8-15/h4-5,7,10,16H,2-3,6,8,14H2,1H3. The number of phenolic OH excluding ortho intramolecular Hbond substituents is 1. The molecule has 1 aromatic rings. The molecule has 4 heteroatoms. The predicted octanol–water partition coefficient (Wildman–Crippen LogP) is 1.26. The number of amides is 1. The lowest BCUT2D eigenvalue weighted by Crippen LogP contribution is -2.45. The molecule has 1 fully saturated rings. The van der Waals surface area contributed by atoms with Gasteiger partial charge in [0.05, 0.1) is 5.56 Å². The number of phenols is 1. The first-order valence-electron chi connectivity index (χ1n) is 5.92. The number of hydrogen-bond donors (Lipinski definition) is 2. The second kappa shape index (κ2) is 4.75. The third kappa shape index (κ3) is 2.58. The van der Waals surface area contributed by atoms with Crippen LogP contribution in [0.5, 0.6) is 5.75 Å². The van der Waals surface area contributed by atoms with Crippen LogP contribution >= 0.6 is 0 Å². The van der Waals surface area contributed by atoms with Crippen molar-refractivity contribution in [2.75, 3.05) is 13.1 Å². The van der Waals surface area contributed by atoms with Crippen LogP contribution in [0.3, 0.4) is 0 Å². The molecule has 0 radical (unpaired) electrons. The molecule has 1 aliphatic rings. The number of aromatic hydroxyl groups is 1. The van der Waals surface area contributed by atoms with Crippen molar-refractivity contribution in [1.29, 1.82) is 0 Å². The van der Waals surface area contributed by atoms with Crippen LogP contribution in [0.4, 0.5) is 0 Å². The minimum atomic E-state index is -0.124.